The van der Waals surface area contributed by atoms with Crippen LogP contribution in [0.1, 0.15) is 93.2 Å². The highest BCUT2D eigenvalue weighted by Gasteiger charge is 2.41. The van der Waals surface area contributed by atoms with Gasteiger partial charge in [0.25, 0.3) is 5.91 Å². The Labute approximate surface area is 513 Å². The van der Waals surface area contributed by atoms with Gasteiger partial charge in [0.05, 0.1) is 24.6 Å². The molecule has 0 bridgehead atoms. The van der Waals surface area contributed by atoms with Gasteiger partial charge in [0.1, 0.15) is 48.3 Å². The molecule has 1 heterocycles. The van der Waals surface area contributed by atoms with Crippen LogP contribution < -0.4 is 21.3 Å². The molecule has 12 atom stereocenters. The van der Waals surface area contributed by atoms with Gasteiger partial charge in [0.2, 0.25) is 53.2 Å². The van der Waals surface area contributed by atoms with Crippen LogP contribution in [0.3, 0.4) is 0 Å². The lowest BCUT2D eigenvalue weighted by Gasteiger charge is -2.37. The number of ketones is 1. The van der Waals surface area contributed by atoms with E-state index < -0.39 is 149 Å². The highest BCUT2D eigenvalue weighted by Crippen LogP contribution is 2.21. The number of carbonyl (C=O) groups excluding carboxylic acids is 12. The molecule has 12 amide bonds. The van der Waals surface area contributed by atoms with Gasteiger partial charge in [-0.3, -0.25) is 62.5 Å². The van der Waals surface area contributed by atoms with E-state index in [1.165, 1.54) is 106 Å². The number of carbonyl (C=O) groups is 12. The zero-order valence-corrected chi connectivity index (χ0v) is 54.2. The lowest BCUT2D eigenvalue weighted by Crippen LogP contribution is -2.60. The second-order valence-electron chi connectivity index (χ2n) is 23.7. The van der Waals surface area contributed by atoms with Crippen LogP contribution in [0.4, 0.5) is 4.79 Å². The minimum atomic E-state index is -1.56. The lowest BCUT2D eigenvalue weighted by molar-refractivity contribution is -0.151. The van der Waals surface area contributed by atoms with E-state index >= 15 is 0 Å². The molecule has 0 aliphatic carbocycles. The van der Waals surface area contributed by atoms with Gasteiger partial charge in [-0.25, -0.2) is 4.79 Å². The lowest BCUT2D eigenvalue weighted by atomic mass is 9.96. The SMILES string of the molecule is CCC[C@@H]1CN(C)C(=O)[C@H](C(C)C)N(C)C(=O)[C@H](Cc2ccccc2)NC(=O)[C@H](C)N(C)C(=O)[C@H]([C@@H](C)O)NC(=O)[C@H](C)CN(C)CC(=O)[C@H](Cc2ccccc2)N(C)C(=O)N(C)C(=O)[C@H](C)NC(=O)[C@H](C)NC(=O)[C@H](C)N(C)C(=O)[C@H](C)N(C)C1=O. The Balaban J connectivity index is 2.10. The third-order valence-corrected chi connectivity index (χ3v) is 16.3. The number of likely N-dealkylation sites (N-methyl/N-ethyl adjacent to an activating group) is 8. The van der Waals surface area contributed by atoms with E-state index in [-0.39, 0.29) is 32.5 Å². The van der Waals surface area contributed by atoms with Gasteiger partial charge >= 0.3 is 6.03 Å². The summed E-state index contributed by atoms with van der Waals surface area (Å²) in [6.07, 6.45) is -0.628. The maximum Gasteiger partial charge on any atom is 0.326 e. The van der Waals surface area contributed by atoms with Crippen molar-refractivity contribution in [2.24, 2.45) is 17.8 Å². The number of urea groups is 1. The second-order valence-corrected chi connectivity index (χ2v) is 23.7. The molecule has 2 aromatic rings. The van der Waals surface area contributed by atoms with Crippen molar-refractivity contribution in [1.82, 2.24) is 60.5 Å². The number of aliphatic hydroxyl groups is 1. The van der Waals surface area contributed by atoms with Gasteiger partial charge in [-0.2, -0.15) is 0 Å². The molecule has 1 fully saturated rings. The number of aliphatic hydroxyl groups excluding tert-OH is 1. The number of nitrogens with one attached hydrogen (secondary N) is 4. The second kappa shape index (κ2) is 33.4. The molecule has 5 N–H and O–H groups in total. The van der Waals surface area contributed by atoms with Crippen molar-refractivity contribution in [1.29, 1.82) is 0 Å². The van der Waals surface area contributed by atoms with Crippen LogP contribution in [0.15, 0.2) is 60.7 Å². The summed E-state index contributed by atoms with van der Waals surface area (Å²) < 4.78 is 0. The Kier molecular flexibility index (Phi) is 28.2. The molecular formula is C62H96N12O13. The fraction of sp³-hybridized carbons (Fsp3) is 0.613. The molecule has 0 unspecified atom stereocenters. The smallest absolute Gasteiger partial charge is 0.326 e. The van der Waals surface area contributed by atoms with Crippen LogP contribution >= 0.6 is 0 Å². The molecule has 1 aliphatic heterocycles. The number of imide groups is 1. The monoisotopic (exact) mass is 1220 g/mol. The van der Waals surface area contributed by atoms with Crippen molar-refractivity contribution < 1.29 is 62.6 Å². The molecule has 1 saturated heterocycles. The van der Waals surface area contributed by atoms with E-state index in [4.69, 9.17) is 0 Å². The Morgan fingerprint density at radius 2 is 1.00 bits per heavy atom. The van der Waals surface area contributed by atoms with E-state index in [1.54, 1.807) is 93.4 Å². The molecule has 1 aliphatic rings. The van der Waals surface area contributed by atoms with E-state index in [0.717, 1.165) is 19.6 Å². The zero-order valence-electron chi connectivity index (χ0n) is 54.2. The summed E-state index contributed by atoms with van der Waals surface area (Å²) in [5.74, 6) is -9.57. The fourth-order valence-corrected chi connectivity index (χ4v) is 10.3. The van der Waals surface area contributed by atoms with Gasteiger partial charge in [0.15, 0.2) is 5.78 Å². The van der Waals surface area contributed by atoms with Crippen molar-refractivity contribution in [3.05, 3.63) is 71.8 Å². The summed E-state index contributed by atoms with van der Waals surface area (Å²) in [7, 11) is 11.2. The fourth-order valence-electron chi connectivity index (χ4n) is 10.3. The molecule has 0 spiro atoms. The number of hydrogen-bond acceptors (Lipinski definition) is 14. The molecule has 0 saturated carbocycles. The van der Waals surface area contributed by atoms with Gasteiger partial charge in [-0.1, -0.05) is 94.8 Å². The topological polar surface area (TPSA) is 299 Å². The van der Waals surface area contributed by atoms with Gasteiger partial charge in [-0.05, 0) is 72.1 Å². The number of hydrogen-bond donors (Lipinski definition) is 5. The van der Waals surface area contributed by atoms with Crippen molar-refractivity contribution in [2.75, 3.05) is 76.0 Å². The first-order valence-electron chi connectivity index (χ1n) is 29.6. The van der Waals surface area contributed by atoms with Gasteiger partial charge < -0.3 is 55.8 Å². The molecule has 2 aromatic carbocycles. The minimum Gasteiger partial charge on any atom is -0.391 e. The molecule has 87 heavy (non-hydrogen) atoms. The van der Waals surface area contributed by atoms with Gasteiger partial charge in [-0.15, -0.1) is 0 Å². The standard InChI is InChI=1S/C62H96N12O13/c1-19-26-46-34-68(12)61(86)51(36(2)3)73(17)59(84)47(31-44-27-22-20-23-28-44)65-55(80)41(8)70(14)60(85)50(43(10)75)66-52(77)37(4)33-67(11)35-49(76)48(32-45-29-24-21-25-30-45)72(16)62(87)74(18)56(81)39(6)64-53(78)38(5)63-54(79)40(7)69(13)57(82)42(9)71(15)58(46)83/h20-25,27-30,36-43,46-48,50-51,75H,19,26,31-35H2,1-18H3,(H,63,79)(H,64,78)(H,65,80)(H,66,77)/t37-,38+,39+,40+,41+,42+,43-,46-,47+,48+,50+,51+/m1/s1. The van der Waals surface area contributed by atoms with Crippen LogP contribution in [0.5, 0.6) is 0 Å². The predicted molar refractivity (Wildman–Crippen MR) is 327 cm³/mol. The van der Waals surface area contributed by atoms with E-state index in [2.05, 4.69) is 21.3 Å². The predicted octanol–water partition coefficient (Wildman–Crippen LogP) is 0.759. The first kappa shape index (κ1) is 73.5. The maximum atomic E-state index is 14.8. The molecule has 25 heteroatoms. The quantitative estimate of drug-likeness (QED) is 0.244. The highest BCUT2D eigenvalue weighted by molar-refractivity contribution is 6.01. The number of nitrogens with zero attached hydrogens (tertiary/aromatic N) is 8. The van der Waals surface area contributed by atoms with E-state index in [9.17, 15) is 62.6 Å². The first-order valence-corrected chi connectivity index (χ1v) is 29.6. The molecule has 482 valence electrons. The van der Waals surface area contributed by atoms with Crippen LogP contribution in [0, 0.1) is 17.8 Å². The van der Waals surface area contributed by atoms with Crippen LogP contribution in [-0.2, 0) is 65.6 Å². The average molecular weight is 1220 g/mol. The number of amides is 12. The minimum absolute atomic E-state index is 0.0231. The Bertz CT molecular complexity index is 2750. The number of rotatable bonds is 8. The van der Waals surface area contributed by atoms with Crippen molar-refractivity contribution >= 4 is 70.9 Å². The molecule has 3 rings (SSSR count). The molecular weight excluding hydrogens is 1120 g/mol. The summed E-state index contributed by atoms with van der Waals surface area (Å²) in [5, 5.41) is 21.4. The maximum absolute atomic E-state index is 14.8. The summed E-state index contributed by atoms with van der Waals surface area (Å²) >= 11 is 0. The number of benzene rings is 2. The Morgan fingerprint density at radius 3 is 1.52 bits per heavy atom. The number of Topliss-reactive ketones (excluding diaryl/α,β-unsaturated/α-hetero) is 1. The van der Waals surface area contributed by atoms with E-state index in [1.807, 2.05) is 6.92 Å². The Morgan fingerprint density at radius 1 is 0.506 bits per heavy atom. The summed E-state index contributed by atoms with van der Waals surface area (Å²) in [6.45, 7) is 14.8. The third-order valence-electron chi connectivity index (χ3n) is 16.3. The zero-order chi connectivity index (χ0) is 66.1. The molecule has 25 nitrogen and oxygen atoms in total. The third kappa shape index (κ3) is 19.9. The average Bonchev–Trinajstić information content (AvgIpc) is 2.12. The van der Waals surface area contributed by atoms with Crippen molar-refractivity contribution in [3.63, 3.8) is 0 Å². The largest absolute Gasteiger partial charge is 0.391 e. The van der Waals surface area contributed by atoms with Crippen molar-refractivity contribution in [2.45, 2.75) is 155 Å². The van der Waals surface area contributed by atoms with E-state index in [0.29, 0.717) is 24.0 Å². The summed E-state index contributed by atoms with van der Waals surface area (Å²) in [5.41, 5.74) is 1.35. The summed E-state index contributed by atoms with van der Waals surface area (Å²) in [4.78, 5) is 179. The van der Waals surface area contributed by atoms with Crippen LogP contribution in [0.2, 0.25) is 0 Å². The first-order chi connectivity index (χ1) is 40.6. The Hall–Kier alpha value is -7.80. The van der Waals surface area contributed by atoms with Gasteiger partial charge in [0, 0.05) is 81.2 Å². The normalized spacial score (nSPS) is 27.4. The molecule has 0 aromatic heterocycles. The van der Waals surface area contributed by atoms with Crippen molar-refractivity contribution in [3.8, 4) is 0 Å². The van der Waals surface area contributed by atoms with Crippen LogP contribution in [-0.4, -0.2) is 252 Å². The van der Waals surface area contributed by atoms with Crippen LogP contribution in [0.25, 0.3) is 0 Å². The highest BCUT2D eigenvalue weighted by atomic mass is 16.3. The summed E-state index contributed by atoms with van der Waals surface area (Å²) in [6, 6.07) is 5.58. The molecule has 0 radical (unpaired) electrons.